The Labute approximate surface area is 226 Å². The summed E-state index contributed by atoms with van der Waals surface area (Å²) in [4.78, 5) is 56.5. The van der Waals surface area contributed by atoms with E-state index in [1.807, 2.05) is 0 Å². The number of ether oxygens (including phenoxy) is 2. The number of aryl methyl sites for hydroxylation is 1. The number of benzene rings is 1. The van der Waals surface area contributed by atoms with Crippen LogP contribution in [0.3, 0.4) is 0 Å². The third-order valence-corrected chi connectivity index (χ3v) is 6.53. The molecule has 1 aromatic rings. The Kier molecular flexibility index (Phi) is 8.29. The van der Waals surface area contributed by atoms with E-state index in [1.54, 1.807) is 44.0 Å². The van der Waals surface area contributed by atoms with Gasteiger partial charge in [-0.2, -0.15) is 5.10 Å². The minimum atomic E-state index is -0.913. The Morgan fingerprint density at radius 2 is 1.95 bits per heavy atom. The molecule has 0 spiro atoms. The molecule has 2 aliphatic heterocycles. The van der Waals surface area contributed by atoms with Crippen LogP contribution in [0.25, 0.3) is 0 Å². The van der Waals surface area contributed by atoms with Crippen molar-refractivity contribution in [2.45, 2.75) is 52.6 Å². The first kappa shape index (κ1) is 27.8. The summed E-state index contributed by atoms with van der Waals surface area (Å²) in [5.74, 6) is -1.51. The van der Waals surface area contributed by atoms with E-state index in [0.29, 0.717) is 34.6 Å². The van der Waals surface area contributed by atoms with Gasteiger partial charge in [-0.1, -0.05) is 6.07 Å². The van der Waals surface area contributed by atoms with Gasteiger partial charge in [0.05, 0.1) is 18.2 Å². The first-order chi connectivity index (χ1) is 18.6. The van der Waals surface area contributed by atoms with Crippen LogP contribution in [-0.4, -0.2) is 73.0 Å². The van der Waals surface area contributed by atoms with E-state index in [0.717, 1.165) is 12.8 Å². The van der Waals surface area contributed by atoms with E-state index >= 15 is 0 Å². The van der Waals surface area contributed by atoms with Crippen molar-refractivity contribution >= 4 is 41.7 Å². The standard InChI is InChI=1S/C26H33N7O6/c1-5-28-23(34)17-7-6-14(2)20(10-17)33(26(37)39-13-38-25(36)16(4)27)22-21-15(3)19(11-32(21)30-12-29-22)24(35)31-18-8-9-18/h6-7,10,12,16,18-19H,5,8-9,11,13,27H2,1-4H3,(H,28,34)(H,31,35). The van der Waals surface area contributed by atoms with Gasteiger partial charge in [0, 0.05) is 18.2 Å². The molecular formula is C26H33N7O6. The third kappa shape index (κ3) is 6.08. The highest BCUT2D eigenvalue weighted by Crippen LogP contribution is 2.35. The quantitative estimate of drug-likeness (QED) is 0.329. The van der Waals surface area contributed by atoms with Crippen LogP contribution in [-0.2, 0) is 19.1 Å². The van der Waals surface area contributed by atoms with Crippen LogP contribution in [0.1, 0.15) is 49.5 Å². The summed E-state index contributed by atoms with van der Waals surface area (Å²) >= 11 is 0. The molecule has 208 valence electrons. The molecule has 1 aromatic carbocycles. The minimum absolute atomic E-state index is 0.113. The van der Waals surface area contributed by atoms with Crippen molar-refractivity contribution in [3.05, 3.63) is 40.6 Å². The number of hydrogen-bond acceptors (Lipinski definition) is 10. The fourth-order valence-electron chi connectivity index (χ4n) is 4.23. The van der Waals surface area contributed by atoms with Crippen LogP contribution in [0.2, 0.25) is 0 Å². The molecule has 1 fully saturated rings. The number of nitrogens with two attached hydrogens (primary N) is 1. The number of amidine groups is 1. The van der Waals surface area contributed by atoms with Crippen molar-refractivity contribution < 1.29 is 28.7 Å². The number of aliphatic imine (C=N–C) groups is 1. The summed E-state index contributed by atoms with van der Waals surface area (Å²) in [6.45, 7) is 6.84. The number of carbonyl (C=O) groups excluding carboxylic acids is 4. The Balaban J connectivity index is 1.72. The van der Waals surface area contributed by atoms with E-state index in [1.165, 1.54) is 18.2 Å². The van der Waals surface area contributed by atoms with Gasteiger partial charge in [-0.15, -0.1) is 0 Å². The third-order valence-electron chi connectivity index (χ3n) is 6.53. The van der Waals surface area contributed by atoms with Crippen LogP contribution in [0.4, 0.5) is 10.5 Å². The Hall–Kier alpha value is -4.26. The summed E-state index contributed by atoms with van der Waals surface area (Å²) in [5.41, 5.74) is 7.95. The number of nitrogens with one attached hydrogen (secondary N) is 2. The van der Waals surface area contributed by atoms with Gasteiger partial charge in [0.25, 0.3) is 5.91 Å². The van der Waals surface area contributed by atoms with Crippen LogP contribution < -0.4 is 21.3 Å². The van der Waals surface area contributed by atoms with E-state index in [9.17, 15) is 19.2 Å². The second-order valence-electron chi connectivity index (χ2n) is 9.61. The molecule has 4 N–H and O–H groups in total. The molecule has 13 heteroatoms. The van der Waals surface area contributed by atoms with Crippen molar-refractivity contribution in [3.8, 4) is 0 Å². The highest BCUT2D eigenvalue weighted by molar-refractivity contribution is 6.24. The zero-order valence-corrected chi connectivity index (χ0v) is 22.4. The maximum atomic E-state index is 13.6. The van der Waals surface area contributed by atoms with Crippen LogP contribution in [0.5, 0.6) is 0 Å². The van der Waals surface area contributed by atoms with Gasteiger partial charge in [-0.3, -0.25) is 19.4 Å². The monoisotopic (exact) mass is 539 g/mol. The number of anilines is 1. The number of esters is 1. The number of carbonyl (C=O) groups is 4. The number of hydrogen-bond donors (Lipinski definition) is 3. The summed E-state index contributed by atoms with van der Waals surface area (Å²) in [7, 11) is 0. The molecule has 3 aliphatic rings. The van der Waals surface area contributed by atoms with Crippen molar-refractivity contribution in [1.82, 2.24) is 15.6 Å². The number of fused-ring (bicyclic) bond motifs is 1. The average Bonchev–Trinajstić information content (AvgIpc) is 3.65. The van der Waals surface area contributed by atoms with Crippen molar-refractivity contribution in [2.75, 3.05) is 24.8 Å². The molecule has 0 bridgehead atoms. The second-order valence-corrected chi connectivity index (χ2v) is 9.61. The Morgan fingerprint density at radius 3 is 2.62 bits per heavy atom. The van der Waals surface area contributed by atoms with E-state index in [2.05, 4.69) is 20.7 Å². The highest BCUT2D eigenvalue weighted by Gasteiger charge is 2.42. The Morgan fingerprint density at radius 1 is 1.21 bits per heavy atom. The predicted octanol–water partition coefficient (Wildman–Crippen LogP) is 1.38. The zero-order chi connectivity index (χ0) is 28.3. The number of rotatable bonds is 8. The van der Waals surface area contributed by atoms with E-state index in [-0.39, 0.29) is 30.2 Å². The minimum Gasteiger partial charge on any atom is -0.427 e. The lowest BCUT2D eigenvalue weighted by Gasteiger charge is -2.30. The molecule has 1 aliphatic carbocycles. The number of amides is 3. The van der Waals surface area contributed by atoms with Crippen molar-refractivity contribution in [2.24, 2.45) is 21.7 Å². The van der Waals surface area contributed by atoms with Crippen LogP contribution in [0.15, 0.2) is 39.6 Å². The molecule has 2 heterocycles. The summed E-state index contributed by atoms with van der Waals surface area (Å²) in [6.07, 6.45) is 2.28. The summed E-state index contributed by atoms with van der Waals surface area (Å²) in [5, 5.41) is 11.7. The SMILES string of the molecule is CCNC(=O)c1ccc(C)c(N(C(=O)OCOC(=O)C(C)N)C2=NC=NN3CC(C(=O)NC4CC4)C(C)=C23)c1. The molecule has 13 nitrogen and oxygen atoms in total. The van der Waals surface area contributed by atoms with Crippen molar-refractivity contribution in [3.63, 3.8) is 0 Å². The van der Waals surface area contributed by atoms with Gasteiger partial charge in [-0.05, 0) is 63.8 Å². The average molecular weight is 540 g/mol. The van der Waals surface area contributed by atoms with Gasteiger partial charge in [0.2, 0.25) is 12.7 Å². The Bertz CT molecular complexity index is 1270. The molecular weight excluding hydrogens is 506 g/mol. The maximum absolute atomic E-state index is 13.6. The van der Waals surface area contributed by atoms with E-state index < -0.39 is 30.8 Å². The fraction of sp³-hybridized carbons (Fsp3) is 0.462. The maximum Gasteiger partial charge on any atom is 0.423 e. The number of nitrogens with zero attached hydrogens (tertiary/aromatic N) is 4. The van der Waals surface area contributed by atoms with Crippen molar-refractivity contribution in [1.29, 1.82) is 0 Å². The number of hydrazone groups is 1. The molecule has 0 saturated heterocycles. The summed E-state index contributed by atoms with van der Waals surface area (Å²) < 4.78 is 10.2. The van der Waals surface area contributed by atoms with E-state index in [4.69, 9.17) is 15.2 Å². The molecule has 3 amide bonds. The molecule has 39 heavy (non-hydrogen) atoms. The highest BCUT2D eigenvalue weighted by atomic mass is 16.7. The summed E-state index contributed by atoms with van der Waals surface area (Å²) in [6, 6.07) is 4.19. The molecule has 0 aromatic heterocycles. The lowest BCUT2D eigenvalue weighted by Crippen LogP contribution is -2.43. The van der Waals surface area contributed by atoms with Gasteiger partial charge in [-0.25, -0.2) is 14.7 Å². The molecule has 0 radical (unpaired) electrons. The first-order valence-corrected chi connectivity index (χ1v) is 12.8. The normalized spacial score (nSPS) is 18.6. The zero-order valence-electron chi connectivity index (χ0n) is 22.4. The topological polar surface area (TPSA) is 168 Å². The lowest BCUT2D eigenvalue weighted by atomic mass is 10.0. The van der Waals surface area contributed by atoms with Crippen LogP contribution >= 0.6 is 0 Å². The fourth-order valence-corrected chi connectivity index (χ4v) is 4.23. The molecule has 2 atom stereocenters. The van der Waals surface area contributed by atoms with Crippen LogP contribution in [0, 0.1) is 12.8 Å². The van der Waals surface area contributed by atoms with Gasteiger partial charge < -0.3 is 25.8 Å². The van der Waals surface area contributed by atoms with Gasteiger partial charge in [0.1, 0.15) is 18.1 Å². The first-order valence-electron chi connectivity index (χ1n) is 12.8. The molecule has 1 saturated carbocycles. The largest absolute Gasteiger partial charge is 0.427 e. The van der Waals surface area contributed by atoms with Gasteiger partial charge in [0.15, 0.2) is 5.84 Å². The second kappa shape index (κ2) is 11.6. The predicted molar refractivity (Wildman–Crippen MR) is 143 cm³/mol. The molecule has 2 unspecified atom stereocenters. The lowest BCUT2D eigenvalue weighted by molar-refractivity contribution is -0.152. The van der Waals surface area contributed by atoms with Gasteiger partial charge >= 0.3 is 12.1 Å². The smallest absolute Gasteiger partial charge is 0.423 e. The molecule has 4 rings (SSSR count).